The van der Waals surface area contributed by atoms with Crippen LogP contribution in [-0.4, -0.2) is 21.7 Å². The average molecular weight is 429 g/mol. The van der Waals surface area contributed by atoms with Gasteiger partial charge in [-0.15, -0.1) is 11.8 Å². The molecular weight excluding hydrogens is 407 g/mol. The van der Waals surface area contributed by atoms with Crippen molar-refractivity contribution in [1.82, 2.24) is 4.37 Å². The van der Waals surface area contributed by atoms with Crippen LogP contribution in [-0.2, 0) is 9.53 Å². The zero-order valence-corrected chi connectivity index (χ0v) is 18.3. The highest BCUT2D eigenvalue weighted by molar-refractivity contribution is 7.99. The van der Waals surface area contributed by atoms with Crippen LogP contribution < -0.4 is 0 Å². The van der Waals surface area contributed by atoms with Crippen LogP contribution >= 0.6 is 23.3 Å². The van der Waals surface area contributed by atoms with Gasteiger partial charge < -0.3 is 4.74 Å². The number of carbonyl (C=O) groups is 1. The van der Waals surface area contributed by atoms with Gasteiger partial charge in [0.05, 0.1) is 28.4 Å². The SMILES string of the molecule is CC(CSc1cc(F)c2cnsc2c1-c1ccc(C#N)cc1)C(=O)OC(C)(C)C. The summed E-state index contributed by atoms with van der Waals surface area (Å²) in [6, 6.07) is 10.8. The van der Waals surface area contributed by atoms with Crippen LogP contribution in [0.1, 0.15) is 33.3 Å². The van der Waals surface area contributed by atoms with E-state index in [2.05, 4.69) is 10.4 Å². The van der Waals surface area contributed by atoms with E-state index >= 15 is 0 Å². The second-order valence-electron chi connectivity index (χ2n) is 7.73. The summed E-state index contributed by atoms with van der Waals surface area (Å²) in [7, 11) is 0. The Morgan fingerprint density at radius 2 is 2.03 bits per heavy atom. The van der Waals surface area contributed by atoms with E-state index in [0.29, 0.717) is 16.7 Å². The van der Waals surface area contributed by atoms with Crippen LogP contribution in [0.5, 0.6) is 0 Å². The summed E-state index contributed by atoms with van der Waals surface area (Å²) in [6.07, 6.45) is 1.53. The minimum Gasteiger partial charge on any atom is -0.460 e. The van der Waals surface area contributed by atoms with Crippen LogP contribution in [0.15, 0.2) is 41.4 Å². The first-order valence-corrected chi connectivity index (χ1v) is 10.9. The van der Waals surface area contributed by atoms with Crippen molar-refractivity contribution in [2.45, 2.75) is 38.2 Å². The molecule has 0 amide bonds. The fourth-order valence-electron chi connectivity index (χ4n) is 2.75. The lowest BCUT2D eigenvalue weighted by Crippen LogP contribution is -2.28. The quantitative estimate of drug-likeness (QED) is 0.366. The minimum absolute atomic E-state index is 0.274. The van der Waals surface area contributed by atoms with Crippen molar-refractivity contribution in [2.75, 3.05) is 5.75 Å². The Balaban J connectivity index is 1.95. The molecule has 150 valence electrons. The number of rotatable bonds is 5. The molecule has 0 bridgehead atoms. The molecule has 1 heterocycles. The largest absolute Gasteiger partial charge is 0.460 e. The fraction of sp³-hybridized carbons (Fsp3) is 0.318. The van der Waals surface area contributed by atoms with Gasteiger partial charge in [0.2, 0.25) is 0 Å². The van der Waals surface area contributed by atoms with Gasteiger partial charge in [0.25, 0.3) is 0 Å². The van der Waals surface area contributed by atoms with Crippen molar-refractivity contribution in [3.05, 3.63) is 47.9 Å². The van der Waals surface area contributed by atoms with Crippen LogP contribution in [0, 0.1) is 23.1 Å². The number of carbonyl (C=O) groups excluding carboxylic acids is 1. The summed E-state index contributed by atoms with van der Waals surface area (Å²) in [5.74, 6) is -0.488. The molecule has 0 fully saturated rings. The number of nitriles is 1. The summed E-state index contributed by atoms with van der Waals surface area (Å²) < 4.78 is 25.0. The number of thioether (sulfide) groups is 1. The molecule has 29 heavy (non-hydrogen) atoms. The number of hydrogen-bond donors (Lipinski definition) is 0. The molecule has 1 atom stereocenters. The third-order valence-corrected chi connectivity index (χ3v) is 6.28. The highest BCUT2D eigenvalue weighted by atomic mass is 32.2. The first-order valence-electron chi connectivity index (χ1n) is 9.12. The Labute approximate surface area is 177 Å². The molecule has 0 saturated heterocycles. The second kappa shape index (κ2) is 8.52. The normalized spacial score (nSPS) is 12.6. The van der Waals surface area contributed by atoms with Gasteiger partial charge in [0, 0.05) is 21.6 Å². The van der Waals surface area contributed by atoms with Crippen molar-refractivity contribution in [3.63, 3.8) is 0 Å². The van der Waals surface area contributed by atoms with Crippen LogP contribution in [0.4, 0.5) is 4.39 Å². The number of hydrogen-bond acceptors (Lipinski definition) is 6. The van der Waals surface area contributed by atoms with Gasteiger partial charge in [0.15, 0.2) is 0 Å². The molecule has 0 spiro atoms. The smallest absolute Gasteiger partial charge is 0.310 e. The number of aromatic nitrogens is 1. The van der Waals surface area contributed by atoms with E-state index < -0.39 is 5.60 Å². The molecule has 0 aliphatic rings. The van der Waals surface area contributed by atoms with Gasteiger partial charge in [-0.2, -0.15) is 9.64 Å². The van der Waals surface area contributed by atoms with E-state index in [1.807, 2.05) is 39.8 Å². The predicted molar refractivity (Wildman–Crippen MR) is 115 cm³/mol. The lowest BCUT2D eigenvalue weighted by atomic mass is 10.0. The lowest BCUT2D eigenvalue weighted by molar-refractivity contribution is -0.158. The van der Waals surface area contributed by atoms with Crippen LogP contribution in [0.2, 0.25) is 0 Å². The summed E-state index contributed by atoms with van der Waals surface area (Å²) in [5.41, 5.74) is 1.77. The van der Waals surface area contributed by atoms with E-state index in [9.17, 15) is 9.18 Å². The van der Waals surface area contributed by atoms with Gasteiger partial charge in [-0.3, -0.25) is 4.79 Å². The molecule has 2 aromatic carbocycles. The molecule has 3 rings (SSSR count). The highest BCUT2D eigenvalue weighted by Gasteiger charge is 2.23. The number of fused-ring (bicyclic) bond motifs is 1. The molecule has 7 heteroatoms. The average Bonchev–Trinajstić information content (AvgIpc) is 3.15. The molecule has 0 aliphatic heterocycles. The molecule has 0 N–H and O–H groups in total. The molecular formula is C22H21FN2O2S2. The molecule has 1 unspecified atom stereocenters. The number of halogens is 1. The zero-order valence-electron chi connectivity index (χ0n) is 16.7. The monoisotopic (exact) mass is 428 g/mol. The minimum atomic E-state index is -0.544. The van der Waals surface area contributed by atoms with E-state index in [4.69, 9.17) is 10.00 Å². The van der Waals surface area contributed by atoms with Gasteiger partial charge in [0.1, 0.15) is 11.4 Å². The first kappa shape index (κ1) is 21.3. The van der Waals surface area contributed by atoms with Gasteiger partial charge >= 0.3 is 5.97 Å². The van der Waals surface area contributed by atoms with Crippen molar-refractivity contribution in [2.24, 2.45) is 5.92 Å². The zero-order chi connectivity index (χ0) is 21.2. The highest BCUT2D eigenvalue weighted by Crippen LogP contribution is 2.41. The summed E-state index contributed by atoms with van der Waals surface area (Å²) in [5, 5.41) is 9.52. The van der Waals surface area contributed by atoms with E-state index in [-0.39, 0.29) is 17.7 Å². The second-order valence-corrected chi connectivity index (χ2v) is 9.60. The topological polar surface area (TPSA) is 63.0 Å². The Kier molecular flexibility index (Phi) is 6.25. The lowest BCUT2D eigenvalue weighted by Gasteiger charge is -2.22. The van der Waals surface area contributed by atoms with Crippen LogP contribution in [0.25, 0.3) is 21.2 Å². The maximum Gasteiger partial charge on any atom is 0.310 e. The summed E-state index contributed by atoms with van der Waals surface area (Å²) in [4.78, 5) is 13.0. The Morgan fingerprint density at radius 3 is 2.66 bits per heavy atom. The van der Waals surface area contributed by atoms with Crippen LogP contribution in [0.3, 0.4) is 0 Å². The van der Waals surface area contributed by atoms with Crippen molar-refractivity contribution >= 4 is 39.3 Å². The first-order chi connectivity index (χ1) is 13.7. The van der Waals surface area contributed by atoms with E-state index in [0.717, 1.165) is 20.7 Å². The fourth-order valence-corrected chi connectivity index (χ4v) is 4.76. The Hall–Kier alpha value is -2.43. The standard InChI is InChI=1S/C22H21FN2O2S2/c1-13(21(26)27-22(2,3)4)12-28-18-9-17(23)16-11-25-29-20(16)19(18)15-7-5-14(10-24)6-8-15/h5-9,11,13H,12H2,1-4H3. The van der Waals surface area contributed by atoms with Crippen molar-refractivity contribution < 1.29 is 13.9 Å². The van der Waals surface area contributed by atoms with Crippen molar-refractivity contribution in [3.8, 4) is 17.2 Å². The van der Waals surface area contributed by atoms with Gasteiger partial charge in [-0.25, -0.2) is 4.39 Å². The third-order valence-electron chi connectivity index (χ3n) is 4.16. The number of nitrogens with zero attached hydrogens (tertiary/aromatic N) is 2. The molecule has 0 aliphatic carbocycles. The molecule has 1 aromatic heterocycles. The molecule has 3 aromatic rings. The maximum atomic E-state index is 14.6. The number of ether oxygens (including phenoxy) is 1. The maximum absolute atomic E-state index is 14.6. The molecule has 0 radical (unpaired) electrons. The summed E-state index contributed by atoms with van der Waals surface area (Å²) in [6.45, 7) is 7.31. The number of benzene rings is 2. The van der Waals surface area contributed by atoms with Gasteiger partial charge in [-0.05, 0) is 56.1 Å². The predicted octanol–water partition coefficient (Wildman–Crippen LogP) is 6.04. The molecule has 4 nitrogen and oxygen atoms in total. The third kappa shape index (κ3) is 4.95. The van der Waals surface area contributed by atoms with E-state index in [1.54, 1.807) is 12.1 Å². The number of esters is 1. The summed E-state index contributed by atoms with van der Waals surface area (Å²) >= 11 is 2.66. The van der Waals surface area contributed by atoms with Crippen molar-refractivity contribution in [1.29, 1.82) is 5.26 Å². The Bertz CT molecular complexity index is 1080. The Morgan fingerprint density at radius 1 is 1.34 bits per heavy atom. The van der Waals surface area contributed by atoms with Gasteiger partial charge in [-0.1, -0.05) is 19.1 Å². The molecule has 0 saturated carbocycles. The van der Waals surface area contributed by atoms with E-state index in [1.165, 1.54) is 35.6 Å².